The van der Waals surface area contributed by atoms with Gasteiger partial charge in [-0.15, -0.1) is 6.58 Å². The van der Waals surface area contributed by atoms with E-state index < -0.39 is 5.91 Å². The molecule has 19 heavy (non-hydrogen) atoms. The van der Waals surface area contributed by atoms with E-state index in [1.54, 1.807) is 13.0 Å². The lowest BCUT2D eigenvalue weighted by molar-refractivity contribution is 0.0974. The molecule has 0 saturated heterocycles. The molecule has 0 spiro atoms. The fourth-order valence-corrected chi connectivity index (χ4v) is 1.78. The number of Topliss-reactive ketones (excluding diaryl/α,β-unsaturated/α-hetero) is 1. The molecule has 0 aliphatic heterocycles. The second-order valence-corrected chi connectivity index (χ2v) is 4.19. The quantitative estimate of drug-likeness (QED) is 0.428. The minimum absolute atomic E-state index is 0.00718. The summed E-state index contributed by atoms with van der Waals surface area (Å²) in [6.07, 6.45) is 1.62. The average Bonchev–Trinajstić information content (AvgIpc) is 2.63. The second-order valence-electron chi connectivity index (χ2n) is 3.78. The molecule has 0 fully saturated rings. The number of amides is 1. The maximum Gasteiger partial charge on any atom is 0.255 e. The van der Waals surface area contributed by atoms with E-state index in [-0.39, 0.29) is 27.9 Å². The van der Waals surface area contributed by atoms with Gasteiger partial charge in [0.15, 0.2) is 10.9 Å². The third kappa shape index (κ3) is 3.41. The normalized spacial score (nSPS) is 9.79. The standard InChI is InChI=1S/C12H15N3O3S/c1-4-5-14-12(19)15-11-9(10(13)17)8(6(2)16)7(3)18-11/h4H,1,5H2,2-3H3,(H2,13,17)(H2,14,15,19). The Balaban J connectivity index is 3.11. The van der Waals surface area contributed by atoms with Crippen molar-refractivity contribution in [3.05, 3.63) is 29.5 Å². The Kier molecular flexibility index (Phi) is 4.82. The molecule has 0 saturated carbocycles. The van der Waals surface area contributed by atoms with E-state index in [0.717, 1.165) is 0 Å². The van der Waals surface area contributed by atoms with Crippen molar-refractivity contribution in [3.8, 4) is 0 Å². The molecule has 0 radical (unpaired) electrons. The smallest absolute Gasteiger partial charge is 0.255 e. The van der Waals surface area contributed by atoms with E-state index in [9.17, 15) is 9.59 Å². The number of nitrogens with one attached hydrogen (secondary N) is 2. The van der Waals surface area contributed by atoms with Crippen LogP contribution in [-0.4, -0.2) is 23.3 Å². The van der Waals surface area contributed by atoms with Gasteiger partial charge < -0.3 is 20.8 Å². The average molecular weight is 281 g/mol. The first-order valence-electron chi connectivity index (χ1n) is 5.48. The van der Waals surface area contributed by atoms with Crippen LogP contribution in [0.5, 0.6) is 0 Å². The lowest BCUT2D eigenvalue weighted by Gasteiger charge is -2.07. The molecule has 1 heterocycles. The van der Waals surface area contributed by atoms with Crippen molar-refractivity contribution in [1.82, 2.24) is 5.32 Å². The molecule has 4 N–H and O–H groups in total. The summed E-state index contributed by atoms with van der Waals surface area (Å²) in [5.74, 6) is -0.670. The molecule has 102 valence electrons. The number of aryl methyl sites for hydroxylation is 1. The van der Waals surface area contributed by atoms with Crippen LogP contribution in [-0.2, 0) is 0 Å². The van der Waals surface area contributed by atoms with E-state index in [0.29, 0.717) is 12.3 Å². The van der Waals surface area contributed by atoms with Gasteiger partial charge in [0.05, 0.1) is 5.56 Å². The fourth-order valence-electron chi connectivity index (χ4n) is 1.60. The number of carbonyl (C=O) groups is 2. The van der Waals surface area contributed by atoms with Crippen LogP contribution in [0.25, 0.3) is 0 Å². The molecule has 6 nitrogen and oxygen atoms in total. The maximum absolute atomic E-state index is 11.5. The van der Waals surface area contributed by atoms with E-state index in [1.165, 1.54) is 6.92 Å². The summed E-state index contributed by atoms with van der Waals surface area (Å²) in [4.78, 5) is 23.0. The number of rotatable bonds is 5. The van der Waals surface area contributed by atoms with Gasteiger partial charge in [-0.05, 0) is 26.1 Å². The highest BCUT2D eigenvalue weighted by atomic mass is 32.1. The zero-order valence-corrected chi connectivity index (χ0v) is 11.5. The molecular weight excluding hydrogens is 266 g/mol. The Morgan fingerprint density at radius 1 is 1.47 bits per heavy atom. The van der Waals surface area contributed by atoms with Crippen molar-refractivity contribution in [3.63, 3.8) is 0 Å². The molecule has 0 unspecified atom stereocenters. The van der Waals surface area contributed by atoms with Gasteiger partial charge >= 0.3 is 0 Å². The predicted octanol–water partition coefficient (Wildman–Crippen LogP) is 1.36. The molecule has 0 aliphatic rings. The van der Waals surface area contributed by atoms with Crippen molar-refractivity contribution >= 4 is 34.9 Å². The van der Waals surface area contributed by atoms with Crippen LogP contribution >= 0.6 is 12.2 Å². The van der Waals surface area contributed by atoms with Crippen LogP contribution < -0.4 is 16.4 Å². The Bertz CT molecular complexity index is 549. The van der Waals surface area contributed by atoms with E-state index in [1.807, 2.05) is 0 Å². The number of furan rings is 1. The summed E-state index contributed by atoms with van der Waals surface area (Å²) in [5, 5.41) is 5.75. The Hall–Kier alpha value is -2.15. The summed E-state index contributed by atoms with van der Waals surface area (Å²) >= 11 is 5.00. The van der Waals surface area contributed by atoms with Gasteiger partial charge in [0.2, 0.25) is 5.88 Å². The van der Waals surface area contributed by atoms with Crippen LogP contribution in [0.15, 0.2) is 17.1 Å². The number of thiocarbonyl (C=S) groups is 1. The van der Waals surface area contributed by atoms with Gasteiger partial charge in [-0.25, -0.2) is 0 Å². The molecule has 1 aromatic heterocycles. The van der Waals surface area contributed by atoms with Crippen LogP contribution in [0.1, 0.15) is 33.4 Å². The second kappa shape index (κ2) is 6.14. The molecule has 1 rings (SSSR count). The minimum Gasteiger partial charge on any atom is -0.444 e. The summed E-state index contributed by atoms with van der Waals surface area (Å²) in [7, 11) is 0. The molecule has 1 aromatic rings. The molecule has 0 bridgehead atoms. The number of hydrogen-bond donors (Lipinski definition) is 3. The summed E-state index contributed by atoms with van der Waals surface area (Å²) in [6.45, 7) is 6.90. The summed E-state index contributed by atoms with van der Waals surface area (Å²) in [5.41, 5.74) is 5.45. The Morgan fingerprint density at radius 3 is 2.58 bits per heavy atom. The third-order valence-corrected chi connectivity index (χ3v) is 2.56. The topological polar surface area (TPSA) is 97.4 Å². The largest absolute Gasteiger partial charge is 0.444 e. The van der Waals surface area contributed by atoms with Gasteiger partial charge in [0.25, 0.3) is 5.91 Å². The van der Waals surface area contributed by atoms with Gasteiger partial charge in [0, 0.05) is 6.54 Å². The van der Waals surface area contributed by atoms with Gasteiger partial charge in [-0.3, -0.25) is 9.59 Å². The molecule has 7 heteroatoms. The molecule has 0 aromatic carbocycles. The van der Waals surface area contributed by atoms with E-state index in [2.05, 4.69) is 17.2 Å². The Morgan fingerprint density at radius 2 is 2.11 bits per heavy atom. The van der Waals surface area contributed by atoms with Crippen molar-refractivity contribution in [2.75, 3.05) is 11.9 Å². The molecule has 0 atom stereocenters. The highest BCUT2D eigenvalue weighted by Crippen LogP contribution is 2.27. The lowest BCUT2D eigenvalue weighted by Crippen LogP contribution is -2.29. The van der Waals surface area contributed by atoms with E-state index >= 15 is 0 Å². The lowest BCUT2D eigenvalue weighted by atomic mass is 10.1. The first-order valence-corrected chi connectivity index (χ1v) is 5.89. The number of carbonyl (C=O) groups excluding carboxylic acids is 2. The first kappa shape index (κ1) is 14.9. The van der Waals surface area contributed by atoms with E-state index in [4.69, 9.17) is 22.4 Å². The van der Waals surface area contributed by atoms with Crippen molar-refractivity contribution in [2.24, 2.45) is 5.73 Å². The zero-order valence-electron chi connectivity index (χ0n) is 10.7. The van der Waals surface area contributed by atoms with Crippen molar-refractivity contribution in [2.45, 2.75) is 13.8 Å². The fraction of sp³-hybridized carbons (Fsp3) is 0.250. The van der Waals surface area contributed by atoms with Crippen LogP contribution in [0, 0.1) is 6.92 Å². The summed E-state index contributed by atoms with van der Waals surface area (Å²) in [6, 6.07) is 0. The van der Waals surface area contributed by atoms with Gasteiger partial charge in [-0.2, -0.15) is 0 Å². The SMILES string of the molecule is C=CCNC(=S)Nc1oc(C)c(C(C)=O)c1C(N)=O. The van der Waals surface area contributed by atoms with Crippen LogP contribution in [0.2, 0.25) is 0 Å². The van der Waals surface area contributed by atoms with Crippen LogP contribution in [0.3, 0.4) is 0 Å². The van der Waals surface area contributed by atoms with Gasteiger partial charge in [0.1, 0.15) is 11.3 Å². The predicted molar refractivity (Wildman–Crippen MR) is 76.4 cm³/mol. The number of primary amides is 1. The van der Waals surface area contributed by atoms with Crippen molar-refractivity contribution < 1.29 is 14.0 Å². The first-order chi connectivity index (χ1) is 8.88. The number of ketones is 1. The van der Waals surface area contributed by atoms with Crippen molar-refractivity contribution in [1.29, 1.82) is 0 Å². The highest BCUT2D eigenvalue weighted by molar-refractivity contribution is 7.80. The molecule has 0 aliphatic carbocycles. The maximum atomic E-state index is 11.5. The summed E-state index contributed by atoms with van der Waals surface area (Å²) < 4.78 is 5.33. The minimum atomic E-state index is -0.754. The number of anilines is 1. The monoisotopic (exact) mass is 281 g/mol. The third-order valence-electron chi connectivity index (χ3n) is 2.32. The Labute approximate surface area is 116 Å². The zero-order chi connectivity index (χ0) is 14.6. The number of nitrogens with two attached hydrogens (primary N) is 1. The highest BCUT2D eigenvalue weighted by Gasteiger charge is 2.25. The van der Waals surface area contributed by atoms with Gasteiger partial charge in [-0.1, -0.05) is 6.08 Å². The van der Waals surface area contributed by atoms with Crippen LogP contribution in [0.4, 0.5) is 5.88 Å². The molecular formula is C12H15N3O3S. The molecule has 1 amide bonds. The number of hydrogen-bond acceptors (Lipinski definition) is 4.